The lowest BCUT2D eigenvalue weighted by Crippen LogP contribution is -2.13. The zero-order valence-corrected chi connectivity index (χ0v) is 14.2. The minimum absolute atomic E-state index is 0.0980. The Balaban J connectivity index is 2.01. The van der Waals surface area contributed by atoms with Gasteiger partial charge in [0.25, 0.3) is 5.91 Å². The third-order valence-electron chi connectivity index (χ3n) is 3.63. The molecule has 1 aromatic heterocycles. The predicted octanol–water partition coefficient (Wildman–Crippen LogP) is 5.32. The summed E-state index contributed by atoms with van der Waals surface area (Å²) in [5, 5.41) is 4.16. The quantitative estimate of drug-likeness (QED) is 0.654. The summed E-state index contributed by atoms with van der Waals surface area (Å²) in [4.78, 5) is 24.7. The molecule has 2 aromatic carbocycles. The Morgan fingerprint density at radius 3 is 2.52 bits per heavy atom. The average Bonchev–Trinajstić information content (AvgIpc) is 2.86. The van der Waals surface area contributed by atoms with Crippen molar-refractivity contribution >= 4 is 50.4 Å². The largest absolute Gasteiger partial charge is 0.321 e. The highest BCUT2D eigenvalue weighted by Gasteiger charge is 2.19. The Bertz CT molecular complexity index is 930. The van der Waals surface area contributed by atoms with Crippen LogP contribution in [0.25, 0.3) is 10.1 Å². The van der Waals surface area contributed by atoms with Crippen LogP contribution in [0.3, 0.4) is 0 Å². The number of hydrogen-bond acceptors (Lipinski definition) is 3. The van der Waals surface area contributed by atoms with Gasteiger partial charge in [-0.2, -0.15) is 0 Å². The van der Waals surface area contributed by atoms with E-state index in [0.717, 1.165) is 15.6 Å². The number of nitrogens with one attached hydrogen (secondary N) is 1. The van der Waals surface area contributed by atoms with Crippen molar-refractivity contribution in [3.05, 3.63) is 63.5 Å². The number of Topliss-reactive ketones (excluding diaryl/α,β-unsaturated/α-hetero) is 1. The zero-order chi connectivity index (χ0) is 16.6. The maximum Gasteiger partial charge on any atom is 0.267 e. The highest BCUT2D eigenvalue weighted by atomic mass is 35.5. The molecule has 3 aromatic rings. The molecule has 116 valence electrons. The predicted molar refractivity (Wildman–Crippen MR) is 96.0 cm³/mol. The molecule has 0 radical (unpaired) electrons. The molecule has 23 heavy (non-hydrogen) atoms. The fourth-order valence-corrected chi connectivity index (χ4v) is 4.08. The van der Waals surface area contributed by atoms with E-state index in [-0.39, 0.29) is 11.7 Å². The number of hydrogen-bond donors (Lipinski definition) is 1. The van der Waals surface area contributed by atoms with Crippen LogP contribution in [-0.4, -0.2) is 11.7 Å². The molecule has 0 aliphatic heterocycles. The summed E-state index contributed by atoms with van der Waals surface area (Å²) in [6.45, 7) is 3.44. The van der Waals surface area contributed by atoms with E-state index < -0.39 is 0 Å². The number of rotatable bonds is 3. The standard InChI is InChI=1S/C18H14ClNO2S/c1-10-6-5-9-14-15(10)16(19)17(23-14)18(22)20-13-8-4-3-7-12(13)11(2)21/h3-9H,1-2H3,(H,20,22). The highest BCUT2D eigenvalue weighted by molar-refractivity contribution is 7.21. The third-order valence-corrected chi connectivity index (χ3v) is 5.27. The average molecular weight is 344 g/mol. The van der Waals surface area contributed by atoms with Crippen LogP contribution >= 0.6 is 22.9 Å². The van der Waals surface area contributed by atoms with Crippen LogP contribution in [0.1, 0.15) is 32.5 Å². The molecule has 0 bridgehead atoms. The van der Waals surface area contributed by atoms with Crippen LogP contribution in [0, 0.1) is 6.92 Å². The van der Waals surface area contributed by atoms with Gasteiger partial charge in [0.1, 0.15) is 4.88 Å². The Morgan fingerprint density at radius 2 is 1.83 bits per heavy atom. The number of amides is 1. The van der Waals surface area contributed by atoms with Crippen LogP contribution in [0.4, 0.5) is 5.69 Å². The van der Waals surface area contributed by atoms with Crippen LogP contribution in [0.5, 0.6) is 0 Å². The maximum absolute atomic E-state index is 12.6. The Morgan fingerprint density at radius 1 is 1.09 bits per heavy atom. The van der Waals surface area contributed by atoms with Gasteiger partial charge in [0.15, 0.2) is 5.78 Å². The summed E-state index contributed by atoms with van der Waals surface area (Å²) in [6.07, 6.45) is 0. The maximum atomic E-state index is 12.6. The molecule has 0 aliphatic rings. The van der Waals surface area contributed by atoms with Crippen LogP contribution < -0.4 is 5.32 Å². The molecule has 3 nitrogen and oxygen atoms in total. The molecule has 0 aliphatic carbocycles. The summed E-state index contributed by atoms with van der Waals surface area (Å²) in [6, 6.07) is 12.8. The van der Waals surface area contributed by atoms with E-state index >= 15 is 0 Å². The Labute approximate surface area is 142 Å². The first kappa shape index (κ1) is 15.7. The lowest BCUT2D eigenvalue weighted by molar-refractivity contribution is 0.101. The zero-order valence-electron chi connectivity index (χ0n) is 12.6. The van der Waals surface area contributed by atoms with Gasteiger partial charge >= 0.3 is 0 Å². The second-order valence-corrected chi connectivity index (χ2v) is 6.68. The van der Waals surface area contributed by atoms with E-state index in [1.165, 1.54) is 18.3 Å². The molecule has 1 N–H and O–H groups in total. The van der Waals surface area contributed by atoms with E-state index in [0.29, 0.717) is 21.2 Å². The lowest BCUT2D eigenvalue weighted by Gasteiger charge is -2.08. The highest BCUT2D eigenvalue weighted by Crippen LogP contribution is 2.37. The number of carbonyl (C=O) groups is 2. The third kappa shape index (κ3) is 2.87. The Kier molecular flexibility index (Phi) is 4.20. The summed E-state index contributed by atoms with van der Waals surface area (Å²) in [5.74, 6) is -0.400. The second kappa shape index (κ2) is 6.14. The molecule has 5 heteroatoms. The Hall–Kier alpha value is -2.17. The number of halogens is 1. The van der Waals surface area contributed by atoms with Crippen molar-refractivity contribution in [2.24, 2.45) is 0 Å². The van der Waals surface area contributed by atoms with Crippen LogP contribution in [0.2, 0.25) is 5.02 Å². The second-order valence-electron chi connectivity index (χ2n) is 5.25. The number of anilines is 1. The van der Waals surface area contributed by atoms with Crippen molar-refractivity contribution in [2.75, 3.05) is 5.32 Å². The number of benzene rings is 2. The summed E-state index contributed by atoms with van der Waals surface area (Å²) < 4.78 is 0.972. The molecular weight excluding hydrogens is 330 g/mol. The number of carbonyl (C=O) groups excluding carboxylic acids is 2. The summed E-state index contributed by atoms with van der Waals surface area (Å²) >= 11 is 7.76. The first-order valence-electron chi connectivity index (χ1n) is 7.08. The SMILES string of the molecule is CC(=O)c1ccccc1NC(=O)c1sc2cccc(C)c2c1Cl. The van der Waals surface area contributed by atoms with E-state index in [4.69, 9.17) is 11.6 Å². The van der Waals surface area contributed by atoms with Gasteiger partial charge in [-0.1, -0.05) is 35.9 Å². The molecule has 0 fully saturated rings. The molecule has 0 saturated heterocycles. The van der Waals surface area contributed by atoms with Gasteiger partial charge < -0.3 is 5.32 Å². The first-order valence-corrected chi connectivity index (χ1v) is 8.27. The van der Waals surface area contributed by atoms with E-state index in [1.54, 1.807) is 24.3 Å². The van der Waals surface area contributed by atoms with Crippen molar-refractivity contribution in [1.29, 1.82) is 0 Å². The van der Waals surface area contributed by atoms with Gasteiger partial charge in [0.2, 0.25) is 0 Å². The topological polar surface area (TPSA) is 46.2 Å². The van der Waals surface area contributed by atoms with Gasteiger partial charge in [-0.15, -0.1) is 11.3 Å². The molecular formula is C18H14ClNO2S. The first-order chi connectivity index (χ1) is 11.0. The lowest BCUT2D eigenvalue weighted by atomic mass is 10.1. The molecule has 0 spiro atoms. The normalized spacial score (nSPS) is 10.7. The van der Waals surface area contributed by atoms with Crippen LogP contribution in [-0.2, 0) is 0 Å². The number of para-hydroxylation sites is 1. The van der Waals surface area contributed by atoms with E-state index in [2.05, 4.69) is 5.32 Å². The number of aryl methyl sites for hydroxylation is 1. The van der Waals surface area contributed by atoms with Gasteiger partial charge in [0, 0.05) is 15.6 Å². The van der Waals surface area contributed by atoms with Crippen molar-refractivity contribution in [3.63, 3.8) is 0 Å². The number of fused-ring (bicyclic) bond motifs is 1. The summed E-state index contributed by atoms with van der Waals surface area (Å²) in [5.41, 5.74) is 2.01. The smallest absolute Gasteiger partial charge is 0.267 e. The van der Waals surface area contributed by atoms with Gasteiger partial charge in [-0.25, -0.2) is 0 Å². The minimum Gasteiger partial charge on any atom is -0.321 e. The van der Waals surface area contributed by atoms with Crippen molar-refractivity contribution in [1.82, 2.24) is 0 Å². The van der Waals surface area contributed by atoms with Gasteiger partial charge in [-0.3, -0.25) is 9.59 Å². The van der Waals surface area contributed by atoms with Crippen molar-refractivity contribution < 1.29 is 9.59 Å². The van der Waals surface area contributed by atoms with Crippen molar-refractivity contribution in [3.8, 4) is 0 Å². The molecule has 1 amide bonds. The van der Waals surface area contributed by atoms with E-state index in [1.807, 2.05) is 25.1 Å². The fourth-order valence-electron chi connectivity index (χ4n) is 2.50. The molecule has 3 rings (SSSR count). The molecule has 1 heterocycles. The fraction of sp³-hybridized carbons (Fsp3) is 0.111. The van der Waals surface area contributed by atoms with Gasteiger partial charge in [-0.05, 0) is 37.6 Å². The van der Waals surface area contributed by atoms with E-state index in [9.17, 15) is 9.59 Å². The van der Waals surface area contributed by atoms with Gasteiger partial charge in [0.05, 0.1) is 10.7 Å². The molecule has 0 unspecified atom stereocenters. The number of ketones is 1. The van der Waals surface area contributed by atoms with Crippen LogP contribution in [0.15, 0.2) is 42.5 Å². The summed E-state index contributed by atoms with van der Waals surface area (Å²) in [7, 11) is 0. The van der Waals surface area contributed by atoms with Crippen molar-refractivity contribution in [2.45, 2.75) is 13.8 Å². The number of thiophene rings is 1. The minimum atomic E-state index is -0.302. The monoisotopic (exact) mass is 343 g/mol. The molecule has 0 atom stereocenters. The molecule has 0 saturated carbocycles.